The van der Waals surface area contributed by atoms with E-state index in [2.05, 4.69) is 34.1 Å². The van der Waals surface area contributed by atoms with E-state index in [0.717, 1.165) is 30.7 Å². The molecule has 3 rings (SSSR count). The number of amides is 1. The first-order valence-corrected chi connectivity index (χ1v) is 10.2. The number of anilines is 1. The molecule has 0 aliphatic heterocycles. The van der Waals surface area contributed by atoms with E-state index in [0.29, 0.717) is 12.5 Å². The summed E-state index contributed by atoms with van der Waals surface area (Å²) < 4.78 is 8.14. The first kappa shape index (κ1) is 22.2. The number of carbonyl (C=O) groups is 1. The number of para-hydroxylation sites is 2. The number of hydrogen-bond acceptors (Lipinski definition) is 7. The molecule has 1 aromatic carbocycles. The van der Waals surface area contributed by atoms with Crippen LogP contribution >= 0.6 is 0 Å². The van der Waals surface area contributed by atoms with Crippen LogP contribution in [0.15, 0.2) is 30.5 Å². The molecular weight excluding hydrogens is 402 g/mol. The Morgan fingerprint density at radius 3 is 2.65 bits per heavy atom. The van der Waals surface area contributed by atoms with Gasteiger partial charge in [-0.1, -0.05) is 26.0 Å². The lowest BCUT2D eigenvalue weighted by Crippen LogP contribution is -2.29. The van der Waals surface area contributed by atoms with Crippen molar-refractivity contribution in [3.63, 3.8) is 0 Å². The minimum atomic E-state index is -0.807. The monoisotopic (exact) mass is 429 g/mol. The highest BCUT2D eigenvalue weighted by atomic mass is 16.6. The number of hydrogen-bond donors (Lipinski definition) is 1. The largest absolute Gasteiger partial charge is 0.475 e. The van der Waals surface area contributed by atoms with Gasteiger partial charge in [0.2, 0.25) is 5.95 Å². The van der Waals surface area contributed by atoms with Crippen LogP contribution in [0.3, 0.4) is 0 Å². The predicted octanol–water partition coefficient (Wildman–Crippen LogP) is 2.69. The van der Waals surface area contributed by atoms with Crippen molar-refractivity contribution >= 4 is 28.6 Å². The summed E-state index contributed by atoms with van der Waals surface area (Å²) in [5, 5.41) is 18.0. The van der Waals surface area contributed by atoms with Crippen molar-refractivity contribution in [2.24, 2.45) is 0 Å². The molecule has 0 aliphatic rings. The Balaban J connectivity index is 1.86. The second kappa shape index (κ2) is 9.56. The van der Waals surface area contributed by atoms with Crippen molar-refractivity contribution in [1.82, 2.24) is 24.2 Å². The minimum Gasteiger partial charge on any atom is -0.475 e. The number of fused-ring (bicyclic) bond motifs is 1. The quantitative estimate of drug-likeness (QED) is 0.388. The van der Waals surface area contributed by atoms with E-state index in [-0.39, 0.29) is 17.5 Å². The van der Waals surface area contributed by atoms with E-state index in [9.17, 15) is 14.9 Å². The number of nitrogens with one attached hydrogen (secondary N) is 1. The molecule has 0 spiro atoms. The number of likely N-dealkylation sites (N-methyl/N-ethyl adjacent to an activating group) is 1. The Morgan fingerprint density at radius 1 is 1.32 bits per heavy atom. The third-order valence-electron chi connectivity index (χ3n) is 5.27. The van der Waals surface area contributed by atoms with Crippen molar-refractivity contribution in [2.75, 3.05) is 32.1 Å². The molecule has 2 heterocycles. The average molecular weight is 429 g/mol. The predicted molar refractivity (Wildman–Crippen MR) is 116 cm³/mol. The van der Waals surface area contributed by atoms with Gasteiger partial charge < -0.3 is 14.2 Å². The van der Waals surface area contributed by atoms with Crippen LogP contribution in [-0.2, 0) is 11.3 Å². The van der Waals surface area contributed by atoms with Crippen LogP contribution in [0.4, 0.5) is 11.6 Å². The zero-order chi connectivity index (χ0) is 22.5. The summed E-state index contributed by atoms with van der Waals surface area (Å²) in [6.07, 6.45) is 1.19. The highest BCUT2D eigenvalue weighted by Crippen LogP contribution is 2.27. The SMILES string of the molecule is CCN(CC)CCn1c(NC(=O)C(C)n2cc([N+](=O)[O-])c(OC)n2)nc2ccccc21. The molecule has 166 valence electrons. The minimum absolute atomic E-state index is 0.142. The molecule has 0 fully saturated rings. The highest BCUT2D eigenvalue weighted by Gasteiger charge is 2.26. The molecule has 1 N–H and O–H groups in total. The Morgan fingerprint density at radius 2 is 2.03 bits per heavy atom. The fourth-order valence-electron chi connectivity index (χ4n) is 3.35. The smallest absolute Gasteiger partial charge is 0.350 e. The van der Waals surface area contributed by atoms with Gasteiger partial charge in [-0.05, 0) is 32.1 Å². The fraction of sp³-hybridized carbons (Fsp3) is 0.450. The number of ether oxygens (including phenoxy) is 1. The lowest BCUT2D eigenvalue weighted by atomic mass is 10.3. The lowest BCUT2D eigenvalue weighted by molar-refractivity contribution is -0.385. The molecule has 0 bridgehead atoms. The number of carbonyl (C=O) groups excluding carboxylic acids is 1. The normalized spacial score (nSPS) is 12.3. The molecule has 0 radical (unpaired) electrons. The molecule has 1 unspecified atom stereocenters. The number of nitro groups is 1. The van der Waals surface area contributed by atoms with Crippen LogP contribution in [-0.4, -0.2) is 61.8 Å². The van der Waals surface area contributed by atoms with Gasteiger partial charge in [-0.25, -0.2) is 9.67 Å². The van der Waals surface area contributed by atoms with Crippen LogP contribution in [0.2, 0.25) is 0 Å². The van der Waals surface area contributed by atoms with E-state index in [1.165, 1.54) is 18.0 Å². The van der Waals surface area contributed by atoms with Crippen LogP contribution in [0, 0.1) is 10.1 Å². The topological polar surface area (TPSA) is 120 Å². The zero-order valence-electron chi connectivity index (χ0n) is 18.1. The molecule has 0 aliphatic carbocycles. The first-order chi connectivity index (χ1) is 14.9. The summed E-state index contributed by atoms with van der Waals surface area (Å²) >= 11 is 0. The lowest BCUT2D eigenvalue weighted by Gasteiger charge is -2.19. The Kier molecular flexibility index (Phi) is 6.85. The maximum absolute atomic E-state index is 12.9. The molecule has 3 aromatic rings. The van der Waals surface area contributed by atoms with E-state index in [1.807, 2.05) is 28.8 Å². The number of nitrogens with zero attached hydrogens (tertiary/aromatic N) is 6. The molecule has 11 nitrogen and oxygen atoms in total. The second-order valence-electron chi connectivity index (χ2n) is 7.03. The van der Waals surface area contributed by atoms with Crippen molar-refractivity contribution in [3.8, 4) is 5.88 Å². The maximum atomic E-state index is 12.9. The van der Waals surface area contributed by atoms with Gasteiger partial charge in [0.05, 0.1) is 23.1 Å². The van der Waals surface area contributed by atoms with Crippen LogP contribution in [0.1, 0.15) is 26.8 Å². The Bertz CT molecular complexity index is 1070. The van der Waals surface area contributed by atoms with Gasteiger partial charge in [-0.3, -0.25) is 20.2 Å². The maximum Gasteiger partial charge on any atom is 0.350 e. The molecule has 0 saturated carbocycles. The Labute approximate surface area is 179 Å². The van der Waals surface area contributed by atoms with Gasteiger partial charge in [-0.2, -0.15) is 0 Å². The van der Waals surface area contributed by atoms with E-state index in [4.69, 9.17) is 4.74 Å². The number of imidazole rings is 1. The number of methoxy groups -OCH3 is 1. The van der Waals surface area contributed by atoms with Crippen LogP contribution in [0.25, 0.3) is 11.0 Å². The second-order valence-corrected chi connectivity index (χ2v) is 7.03. The summed E-state index contributed by atoms with van der Waals surface area (Å²) in [6.45, 7) is 9.16. The van der Waals surface area contributed by atoms with Gasteiger partial charge in [0, 0.05) is 13.1 Å². The first-order valence-electron chi connectivity index (χ1n) is 10.2. The Hall–Kier alpha value is -3.47. The van der Waals surface area contributed by atoms with Gasteiger partial charge in [0.25, 0.3) is 5.91 Å². The molecule has 11 heteroatoms. The average Bonchev–Trinajstić information content (AvgIpc) is 3.35. The fourth-order valence-corrected chi connectivity index (χ4v) is 3.35. The molecule has 0 saturated heterocycles. The van der Waals surface area contributed by atoms with E-state index < -0.39 is 11.0 Å². The molecule has 1 atom stereocenters. The van der Waals surface area contributed by atoms with Crippen LogP contribution < -0.4 is 10.1 Å². The van der Waals surface area contributed by atoms with Gasteiger partial charge in [0.15, 0.2) is 0 Å². The summed E-state index contributed by atoms with van der Waals surface area (Å²) in [5.74, 6) is -0.102. The van der Waals surface area contributed by atoms with Gasteiger partial charge >= 0.3 is 11.6 Å². The summed E-state index contributed by atoms with van der Waals surface area (Å²) in [7, 11) is 1.29. The molecular formula is C20H27N7O4. The summed E-state index contributed by atoms with van der Waals surface area (Å²) in [5.41, 5.74) is 1.41. The van der Waals surface area contributed by atoms with Crippen molar-refractivity contribution in [1.29, 1.82) is 0 Å². The van der Waals surface area contributed by atoms with Gasteiger partial charge in [0.1, 0.15) is 12.2 Å². The standard InChI is InChI=1S/C20H27N7O4/c1-5-24(6-2)11-12-25-16-10-8-7-9-15(16)21-20(25)22-18(28)14(3)26-13-17(27(29)30)19(23-26)31-4/h7-10,13-14H,5-6,11-12H2,1-4H3,(H,21,22,28). The highest BCUT2D eigenvalue weighted by molar-refractivity contribution is 5.94. The number of benzene rings is 1. The summed E-state index contributed by atoms with van der Waals surface area (Å²) in [6, 6.07) is 6.88. The number of rotatable bonds is 10. The molecule has 2 aromatic heterocycles. The third-order valence-corrected chi connectivity index (χ3v) is 5.27. The zero-order valence-corrected chi connectivity index (χ0v) is 18.1. The van der Waals surface area contributed by atoms with Crippen molar-refractivity contribution in [2.45, 2.75) is 33.4 Å². The van der Waals surface area contributed by atoms with E-state index in [1.54, 1.807) is 6.92 Å². The van der Waals surface area contributed by atoms with Crippen LogP contribution in [0.5, 0.6) is 5.88 Å². The van der Waals surface area contributed by atoms with Crippen molar-refractivity contribution in [3.05, 3.63) is 40.6 Å². The van der Waals surface area contributed by atoms with Gasteiger partial charge in [-0.15, -0.1) is 5.10 Å². The molecule has 1 amide bonds. The van der Waals surface area contributed by atoms with E-state index >= 15 is 0 Å². The summed E-state index contributed by atoms with van der Waals surface area (Å²) in [4.78, 5) is 30.3. The number of aromatic nitrogens is 4. The third kappa shape index (κ3) is 4.66. The molecule has 31 heavy (non-hydrogen) atoms. The van der Waals surface area contributed by atoms with Crippen molar-refractivity contribution < 1.29 is 14.5 Å².